The number of nitrogens with zero attached hydrogens (tertiary/aromatic N) is 2. The highest BCUT2D eigenvalue weighted by molar-refractivity contribution is 7.13. The average molecular weight is 255 g/mol. The molecule has 1 aromatic heterocycles. The summed E-state index contributed by atoms with van der Waals surface area (Å²) in [5, 5.41) is 13.2. The lowest BCUT2D eigenvalue weighted by Crippen LogP contribution is -2.14. The molecule has 0 radical (unpaired) electrons. The van der Waals surface area contributed by atoms with E-state index >= 15 is 0 Å². The maximum Gasteiger partial charge on any atom is 0.294 e. The summed E-state index contributed by atoms with van der Waals surface area (Å²) in [6.45, 7) is 3.84. The maximum absolute atomic E-state index is 5.91. The lowest BCUT2D eigenvalue weighted by atomic mass is 10.2. The van der Waals surface area contributed by atoms with Gasteiger partial charge in [0.05, 0.1) is 0 Å². The Bertz CT molecular complexity index is 321. The minimum absolute atomic E-state index is 0.359. The van der Waals surface area contributed by atoms with Crippen molar-refractivity contribution in [1.29, 1.82) is 0 Å². The Kier molecular flexibility index (Phi) is 5.19. The molecule has 0 aliphatic heterocycles. The molecule has 1 heterocycles. The molecule has 0 saturated heterocycles. The fraction of sp³-hybridized carbons (Fsp3) is 0.833. The Morgan fingerprint density at radius 3 is 2.71 bits per heavy atom. The van der Waals surface area contributed by atoms with Crippen molar-refractivity contribution in [2.45, 2.75) is 58.1 Å². The van der Waals surface area contributed by atoms with Gasteiger partial charge in [0.2, 0.25) is 0 Å². The molecule has 0 atom stereocenters. The highest BCUT2D eigenvalue weighted by Gasteiger charge is 2.15. The molecule has 1 saturated carbocycles. The van der Waals surface area contributed by atoms with Crippen molar-refractivity contribution in [3.8, 4) is 5.19 Å². The zero-order chi connectivity index (χ0) is 11.9. The minimum atomic E-state index is 0.359. The van der Waals surface area contributed by atoms with E-state index in [1.54, 1.807) is 11.3 Å². The van der Waals surface area contributed by atoms with Crippen LogP contribution in [0.15, 0.2) is 0 Å². The third-order valence-corrected chi connectivity index (χ3v) is 3.86. The summed E-state index contributed by atoms with van der Waals surface area (Å²) >= 11 is 1.57. The summed E-state index contributed by atoms with van der Waals surface area (Å²) in [7, 11) is 0. The first-order chi connectivity index (χ1) is 8.38. The molecule has 4 nitrogen and oxygen atoms in total. The van der Waals surface area contributed by atoms with Gasteiger partial charge in [0.15, 0.2) is 0 Å². The molecule has 1 aliphatic carbocycles. The number of aromatic nitrogens is 2. The standard InChI is InChI=1S/C12H21N3OS/c1-2-13-9-11-14-15-12(17-11)16-10-7-5-3-4-6-8-10/h10,13H,2-9H2,1H3. The van der Waals surface area contributed by atoms with Gasteiger partial charge in [-0.25, -0.2) is 0 Å². The van der Waals surface area contributed by atoms with Gasteiger partial charge in [-0.05, 0) is 32.2 Å². The molecule has 17 heavy (non-hydrogen) atoms. The molecule has 0 amide bonds. The molecule has 2 rings (SSSR count). The summed E-state index contributed by atoms with van der Waals surface area (Å²) in [5.74, 6) is 0. The first-order valence-corrected chi connectivity index (χ1v) is 7.40. The van der Waals surface area contributed by atoms with Crippen molar-refractivity contribution in [3.63, 3.8) is 0 Å². The van der Waals surface area contributed by atoms with Gasteiger partial charge in [-0.2, -0.15) is 0 Å². The van der Waals surface area contributed by atoms with E-state index in [0.29, 0.717) is 6.10 Å². The van der Waals surface area contributed by atoms with Crippen molar-refractivity contribution in [3.05, 3.63) is 5.01 Å². The molecule has 0 spiro atoms. The summed E-state index contributed by atoms with van der Waals surface area (Å²) in [4.78, 5) is 0. The van der Waals surface area contributed by atoms with Crippen LogP contribution in [0.4, 0.5) is 0 Å². The summed E-state index contributed by atoms with van der Waals surface area (Å²) < 4.78 is 5.91. The van der Waals surface area contributed by atoms with Crippen LogP contribution in [-0.2, 0) is 6.54 Å². The van der Waals surface area contributed by atoms with Crippen LogP contribution in [0.2, 0.25) is 0 Å². The van der Waals surface area contributed by atoms with Crippen LogP contribution in [0.1, 0.15) is 50.5 Å². The third kappa shape index (κ3) is 4.24. The number of hydrogen-bond acceptors (Lipinski definition) is 5. The highest BCUT2D eigenvalue weighted by atomic mass is 32.1. The lowest BCUT2D eigenvalue weighted by molar-refractivity contribution is 0.181. The second kappa shape index (κ2) is 6.91. The van der Waals surface area contributed by atoms with Crippen LogP contribution in [0.5, 0.6) is 5.19 Å². The van der Waals surface area contributed by atoms with Crippen LogP contribution in [0, 0.1) is 0 Å². The second-order valence-electron chi connectivity index (χ2n) is 4.47. The number of ether oxygens (including phenoxy) is 1. The van der Waals surface area contributed by atoms with Gasteiger partial charge in [0, 0.05) is 6.54 Å². The molecule has 1 aliphatic rings. The molecule has 0 aromatic carbocycles. The number of hydrogen-bond donors (Lipinski definition) is 1. The average Bonchev–Trinajstić information content (AvgIpc) is 2.61. The van der Waals surface area contributed by atoms with Crippen LogP contribution in [-0.4, -0.2) is 22.8 Å². The van der Waals surface area contributed by atoms with E-state index in [9.17, 15) is 0 Å². The zero-order valence-corrected chi connectivity index (χ0v) is 11.3. The van der Waals surface area contributed by atoms with Gasteiger partial charge in [-0.1, -0.05) is 36.2 Å². The van der Waals surface area contributed by atoms with Gasteiger partial charge in [-0.15, -0.1) is 5.10 Å². The predicted molar refractivity (Wildman–Crippen MR) is 69.4 cm³/mol. The van der Waals surface area contributed by atoms with E-state index in [1.165, 1.54) is 38.5 Å². The molecule has 0 unspecified atom stereocenters. The first-order valence-electron chi connectivity index (χ1n) is 6.58. The first kappa shape index (κ1) is 12.8. The van der Waals surface area contributed by atoms with Crippen molar-refractivity contribution < 1.29 is 4.74 Å². The SMILES string of the molecule is CCNCc1nnc(OC2CCCCCC2)s1. The molecule has 1 aromatic rings. The Balaban J connectivity index is 1.82. The predicted octanol–water partition coefficient (Wildman–Crippen LogP) is 2.75. The molecule has 1 fully saturated rings. The van der Waals surface area contributed by atoms with Crippen molar-refractivity contribution in [2.75, 3.05) is 6.54 Å². The van der Waals surface area contributed by atoms with Crippen LogP contribution < -0.4 is 10.1 Å². The molecule has 1 N–H and O–H groups in total. The molecule has 0 bridgehead atoms. The molecular formula is C12H21N3OS. The smallest absolute Gasteiger partial charge is 0.294 e. The van der Waals surface area contributed by atoms with E-state index in [4.69, 9.17) is 4.74 Å². The van der Waals surface area contributed by atoms with Gasteiger partial charge in [0.25, 0.3) is 5.19 Å². The van der Waals surface area contributed by atoms with E-state index in [0.717, 1.165) is 23.3 Å². The Hall–Kier alpha value is -0.680. The van der Waals surface area contributed by atoms with Crippen molar-refractivity contribution in [1.82, 2.24) is 15.5 Å². The Morgan fingerprint density at radius 2 is 2.00 bits per heavy atom. The third-order valence-electron chi connectivity index (χ3n) is 3.04. The second-order valence-corrected chi connectivity index (χ2v) is 5.50. The minimum Gasteiger partial charge on any atom is -0.466 e. The highest BCUT2D eigenvalue weighted by Crippen LogP contribution is 2.25. The van der Waals surface area contributed by atoms with Gasteiger partial charge >= 0.3 is 0 Å². The largest absolute Gasteiger partial charge is 0.466 e. The summed E-state index contributed by atoms with van der Waals surface area (Å²) in [6.07, 6.45) is 7.96. The summed E-state index contributed by atoms with van der Waals surface area (Å²) in [5.41, 5.74) is 0. The lowest BCUT2D eigenvalue weighted by Gasteiger charge is -2.13. The normalized spacial score (nSPS) is 17.9. The van der Waals surface area contributed by atoms with E-state index in [-0.39, 0.29) is 0 Å². The van der Waals surface area contributed by atoms with E-state index < -0.39 is 0 Å². The number of rotatable bonds is 5. The van der Waals surface area contributed by atoms with Crippen LogP contribution in [0.3, 0.4) is 0 Å². The fourth-order valence-electron chi connectivity index (χ4n) is 2.09. The van der Waals surface area contributed by atoms with Crippen LogP contribution >= 0.6 is 11.3 Å². The molecule has 5 heteroatoms. The molecule has 96 valence electrons. The fourth-order valence-corrected chi connectivity index (χ4v) is 2.81. The van der Waals surface area contributed by atoms with Gasteiger partial charge in [0.1, 0.15) is 11.1 Å². The van der Waals surface area contributed by atoms with Crippen molar-refractivity contribution >= 4 is 11.3 Å². The van der Waals surface area contributed by atoms with Gasteiger partial charge in [-0.3, -0.25) is 0 Å². The number of nitrogens with one attached hydrogen (secondary N) is 1. The maximum atomic E-state index is 5.91. The van der Waals surface area contributed by atoms with Crippen molar-refractivity contribution in [2.24, 2.45) is 0 Å². The summed E-state index contributed by atoms with van der Waals surface area (Å²) in [6, 6.07) is 0. The zero-order valence-electron chi connectivity index (χ0n) is 10.4. The monoisotopic (exact) mass is 255 g/mol. The van der Waals surface area contributed by atoms with Gasteiger partial charge < -0.3 is 10.1 Å². The molecular weight excluding hydrogens is 234 g/mol. The van der Waals surface area contributed by atoms with Crippen LogP contribution in [0.25, 0.3) is 0 Å². The topological polar surface area (TPSA) is 47.0 Å². The Labute approximate surface area is 107 Å². The van der Waals surface area contributed by atoms with E-state index in [2.05, 4.69) is 22.4 Å². The Morgan fingerprint density at radius 1 is 1.24 bits per heavy atom. The quantitative estimate of drug-likeness (QED) is 0.822. The van der Waals surface area contributed by atoms with E-state index in [1.807, 2.05) is 0 Å².